The van der Waals surface area contributed by atoms with Crippen LogP contribution in [-0.4, -0.2) is 42.1 Å². The fourth-order valence-corrected chi connectivity index (χ4v) is 4.47. The molecule has 3 atom stereocenters. The van der Waals surface area contributed by atoms with Gasteiger partial charge in [-0.25, -0.2) is 9.59 Å². The Kier molecular flexibility index (Phi) is 4.51. The number of fused-ring (bicyclic) bond motifs is 3. The number of benzene rings is 2. The van der Waals surface area contributed by atoms with E-state index in [0.717, 1.165) is 11.1 Å². The molecular formula is C21H19ClN2O4. The highest BCUT2D eigenvalue weighted by molar-refractivity contribution is 6.37. The van der Waals surface area contributed by atoms with Crippen LogP contribution in [0.5, 0.6) is 0 Å². The molecule has 0 bridgehead atoms. The van der Waals surface area contributed by atoms with Crippen molar-refractivity contribution in [3.63, 3.8) is 0 Å². The number of hydrazine groups is 1. The number of nitrogens with zero attached hydrogens (tertiary/aromatic N) is 2. The molecule has 1 fully saturated rings. The number of anilines is 1. The number of carbonyl (C=O) groups is 2. The van der Waals surface area contributed by atoms with Crippen LogP contribution in [0.15, 0.2) is 60.8 Å². The molecule has 4 rings (SSSR count). The molecule has 2 aliphatic rings. The Bertz CT molecular complexity index is 948. The molecule has 7 heteroatoms. The molecule has 144 valence electrons. The normalized spacial score (nSPS) is 25.1. The van der Waals surface area contributed by atoms with Gasteiger partial charge in [0.2, 0.25) is 4.87 Å². The molecule has 0 spiro atoms. The van der Waals surface area contributed by atoms with E-state index in [4.69, 9.17) is 21.1 Å². The van der Waals surface area contributed by atoms with E-state index in [1.54, 1.807) is 5.01 Å². The number of halogens is 1. The Hall–Kier alpha value is -2.99. The highest BCUT2D eigenvalue weighted by Crippen LogP contribution is 2.53. The maximum atomic E-state index is 13.0. The Balaban J connectivity index is 1.99. The molecule has 0 saturated carbocycles. The van der Waals surface area contributed by atoms with Crippen LogP contribution < -0.4 is 5.01 Å². The molecule has 6 nitrogen and oxygen atoms in total. The second-order valence-electron chi connectivity index (χ2n) is 6.59. The van der Waals surface area contributed by atoms with Gasteiger partial charge in [-0.3, -0.25) is 10.0 Å². The molecule has 0 unspecified atom stereocenters. The summed E-state index contributed by atoms with van der Waals surface area (Å²) in [6.07, 6.45) is 3.75. The van der Waals surface area contributed by atoms with Gasteiger partial charge in [-0.2, -0.15) is 0 Å². The lowest BCUT2D eigenvalue weighted by Crippen LogP contribution is -2.54. The number of methoxy groups -OCH3 is 2. The first-order valence-corrected chi connectivity index (χ1v) is 9.16. The van der Waals surface area contributed by atoms with Crippen molar-refractivity contribution in [3.05, 3.63) is 71.9 Å². The average molecular weight is 399 g/mol. The Morgan fingerprint density at radius 2 is 1.68 bits per heavy atom. The summed E-state index contributed by atoms with van der Waals surface area (Å²) in [7, 11) is 2.54. The van der Waals surface area contributed by atoms with Crippen LogP contribution in [-0.2, 0) is 19.1 Å². The molecule has 0 amide bonds. The molecule has 1 saturated heterocycles. The number of ether oxygens (including phenoxy) is 2. The van der Waals surface area contributed by atoms with Crippen molar-refractivity contribution in [3.8, 4) is 0 Å². The minimum Gasteiger partial charge on any atom is -0.468 e. The van der Waals surface area contributed by atoms with E-state index in [2.05, 4.69) is 0 Å². The monoisotopic (exact) mass is 398 g/mol. The minimum atomic E-state index is -1.71. The predicted molar refractivity (Wildman–Crippen MR) is 105 cm³/mol. The largest absolute Gasteiger partial charge is 0.468 e. The van der Waals surface area contributed by atoms with Crippen LogP contribution in [0.4, 0.5) is 5.69 Å². The highest BCUT2D eigenvalue weighted by atomic mass is 35.5. The molecule has 2 heterocycles. The molecule has 0 aromatic heterocycles. The van der Waals surface area contributed by atoms with Crippen molar-refractivity contribution >= 4 is 35.3 Å². The second-order valence-corrected chi connectivity index (χ2v) is 7.22. The molecule has 0 radical (unpaired) electrons. The van der Waals surface area contributed by atoms with Gasteiger partial charge >= 0.3 is 11.9 Å². The summed E-state index contributed by atoms with van der Waals surface area (Å²) in [4.78, 5) is 24.1. The maximum absolute atomic E-state index is 13.0. The minimum absolute atomic E-state index is 0.621. The van der Waals surface area contributed by atoms with E-state index in [1.807, 2.05) is 71.9 Å². The quantitative estimate of drug-likeness (QED) is 0.584. The highest BCUT2D eigenvalue weighted by Gasteiger charge is 2.67. The van der Waals surface area contributed by atoms with Crippen molar-refractivity contribution < 1.29 is 19.1 Å². The van der Waals surface area contributed by atoms with E-state index in [-0.39, 0.29) is 0 Å². The van der Waals surface area contributed by atoms with E-state index in [1.165, 1.54) is 14.2 Å². The van der Waals surface area contributed by atoms with Crippen LogP contribution in [0.2, 0.25) is 0 Å². The summed E-state index contributed by atoms with van der Waals surface area (Å²) in [5, 5.41) is 3.51. The van der Waals surface area contributed by atoms with Gasteiger partial charge in [0.05, 0.1) is 19.9 Å². The van der Waals surface area contributed by atoms with Gasteiger partial charge in [0.15, 0.2) is 6.04 Å². The number of hydrogen-bond acceptors (Lipinski definition) is 6. The van der Waals surface area contributed by atoms with E-state index >= 15 is 0 Å². The summed E-state index contributed by atoms with van der Waals surface area (Å²) in [5.41, 5.74) is 2.47. The lowest BCUT2D eigenvalue weighted by molar-refractivity contribution is -0.151. The summed E-state index contributed by atoms with van der Waals surface area (Å²) in [6.45, 7) is 0. The van der Waals surface area contributed by atoms with Crippen molar-refractivity contribution in [2.75, 3.05) is 19.2 Å². The molecular weight excluding hydrogens is 380 g/mol. The van der Waals surface area contributed by atoms with E-state index < -0.39 is 28.9 Å². The number of carbonyl (C=O) groups excluding carboxylic acids is 2. The third-order valence-electron chi connectivity index (χ3n) is 5.19. The van der Waals surface area contributed by atoms with Crippen LogP contribution in [0.1, 0.15) is 17.2 Å². The van der Waals surface area contributed by atoms with Crippen LogP contribution >= 0.6 is 11.6 Å². The van der Waals surface area contributed by atoms with Crippen molar-refractivity contribution in [1.29, 1.82) is 0 Å². The van der Waals surface area contributed by atoms with E-state index in [9.17, 15) is 9.59 Å². The number of esters is 2. The average Bonchev–Trinajstić information content (AvgIpc) is 3.03. The Labute approximate surface area is 167 Å². The molecule has 0 N–H and O–H groups in total. The standard InChI is InChI=1S/C21H19ClN2O4/c1-27-19(25)18-21(22,20(26)28-2)17-16-11-7-6-8-14(16)12-13-23(17)24(18)15-9-4-3-5-10-15/h3-13,17-18H,1-2H3/t17-,18+,21+/m1/s1. The zero-order chi connectivity index (χ0) is 19.9. The summed E-state index contributed by atoms with van der Waals surface area (Å²) < 4.78 is 10.1. The lowest BCUT2D eigenvalue weighted by atomic mass is 9.84. The lowest BCUT2D eigenvalue weighted by Gasteiger charge is -2.36. The summed E-state index contributed by atoms with van der Waals surface area (Å²) in [5.74, 6) is -1.31. The zero-order valence-corrected chi connectivity index (χ0v) is 16.2. The second kappa shape index (κ2) is 6.87. The van der Waals surface area contributed by atoms with Gasteiger partial charge in [0.1, 0.15) is 6.04 Å². The van der Waals surface area contributed by atoms with Gasteiger partial charge in [0, 0.05) is 6.20 Å². The third kappa shape index (κ3) is 2.48. The molecule has 2 aromatic rings. The first-order valence-electron chi connectivity index (χ1n) is 8.78. The number of alkyl halides is 1. The summed E-state index contributed by atoms with van der Waals surface area (Å²) >= 11 is 7.01. The third-order valence-corrected chi connectivity index (χ3v) is 5.76. The van der Waals surface area contributed by atoms with Crippen LogP contribution in [0, 0.1) is 0 Å². The van der Waals surface area contributed by atoms with Gasteiger partial charge in [-0.15, -0.1) is 11.6 Å². The Morgan fingerprint density at radius 1 is 1.00 bits per heavy atom. The fourth-order valence-electron chi connectivity index (χ4n) is 4.00. The first kappa shape index (κ1) is 18.4. The predicted octanol–water partition coefficient (Wildman–Crippen LogP) is 3.14. The first-order chi connectivity index (χ1) is 13.5. The van der Waals surface area contributed by atoms with Crippen molar-refractivity contribution in [1.82, 2.24) is 5.01 Å². The number of para-hydroxylation sites is 1. The number of rotatable bonds is 3. The van der Waals surface area contributed by atoms with Crippen molar-refractivity contribution in [2.45, 2.75) is 17.0 Å². The van der Waals surface area contributed by atoms with Crippen LogP contribution in [0.3, 0.4) is 0 Å². The van der Waals surface area contributed by atoms with Gasteiger partial charge < -0.3 is 9.47 Å². The van der Waals surface area contributed by atoms with E-state index in [0.29, 0.717) is 5.69 Å². The van der Waals surface area contributed by atoms with Gasteiger partial charge in [-0.05, 0) is 29.3 Å². The molecule has 28 heavy (non-hydrogen) atoms. The van der Waals surface area contributed by atoms with Crippen LogP contribution in [0.25, 0.3) is 6.08 Å². The fraction of sp³-hybridized carbons (Fsp3) is 0.238. The zero-order valence-electron chi connectivity index (χ0n) is 15.4. The molecule has 0 aliphatic carbocycles. The van der Waals surface area contributed by atoms with Crippen molar-refractivity contribution in [2.24, 2.45) is 0 Å². The SMILES string of the molecule is COC(=O)[C@@H]1N(c2ccccc2)N2C=Cc3ccccc3[C@@H]2[C@@]1(Cl)C(=O)OC. The molecule has 2 aliphatic heterocycles. The van der Waals surface area contributed by atoms with Gasteiger partial charge in [0.25, 0.3) is 0 Å². The Morgan fingerprint density at radius 3 is 2.36 bits per heavy atom. The summed E-state index contributed by atoms with van der Waals surface area (Å²) in [6, 6.07) is 15.1. The smallest absolute Gasteiger partial charge is 0.333 e. The molecule has 2 aromatic carbocycles. The topological polar surface area (TPSA) is 59.1 Å². The van der Waals surface area contributed by atoms with Gasteiger partial charge in [-0.1, -0.05) is 42.5 Å². The number of hydrogen-bond donors (Lipinski definition) is 0. The maximum Gasteiger partial charge on any atom is 0.333 e.